The Balaban J connectivity index is 2.54. The van der Waals surface area contributed by atoms with Crippen LogP contribution in [0.4, 0.5) is 0 Å². The van der Waals surface area contributed by atoms with Crippen molar-refractivity contribution in [3.63, 3.8) is 0 Å². The molecule has 3 nitrogen and oxygen atoms in total. The lowest BCUT2D eigenvalue weighted by Gasteiger charge is -2.39. The van der Waals surface area contributed by atoms with Crippen molar-refractivity contribution in [3.8, 4) is 0 Å². The second-order valence-corrected chi connectivity index (χ2v) is 5.83. The molecule has 17 heavy (non-hydrogen) atoms. The fourth-order valence-electron chi connectivity index (χ4n) is 2.86. The Morgan fingerprint density at radius 3 is 2.65 bits per heavy atom. The zero-order valence-corrected chi connectivity index (χ0v) is 11.5. The second-order valence-electron chi connectivity index (χ2n) is 5.83. The number of nitrogens with zero attached hydrogens (tertiary/aromatic N) is 1. The maximum atomic E-state index is 12.1. The summed E-state index contributed by atoms with van der Waals surface area (Å²) in [5, 5.41) is 8.93. The van der Waals surface area contributed by atoms with Gasteiger partial charge >= 0.3 is 0 Å². The smallest absolute Gasteiger partial charge is 0.222 e. The van der Waals surface area contributed by atoms with Gasteiger partial charge in [-0.25, -0.2) is 0 Å². The standard InChI is InChI=1S/C14H27NO2/c1-4-15(9-10-16)13(17)11-12-7-5-6-8-14(12,2)3/h12,16H,4-11H2,1-3H3. The summed E-state index contributed by atoms with van der Waals surface area (Å²) in [6, 6.07) is 0. The molecule has 1 fully saturated rings. The molecule has 0 bridgehead atoms. The highest BCUT2D eigenvalue weighted by Gasteiger charge is 2.34. The van der Waals surface area contributed by atoms with Gasteiger partial charge < -0.3 is 10.0 Å². The Bertz CT molecular complexity index is 251. The fraction of sp³-hybridized carbons (Fsp3) is 0.929. The van der Waals surface area contributed by atoms with Gasteiger partial charge in [0.15, 0.2) is 0 Å². The molecule has 1 atom stereocenters. The van der Waals surface area contributed by atoms with Crippen LogP contribution in [0.5, 0.6) is 0 Å². The lowest BCUT2D eigenvalue weighted by Crippen LogP contribution is -2.38. The van der Waals surface area contributed by atoms with Crippen LogP contribution in [0.1, 0.15) is 52.9 Å². The van der Waals surface area contributed by atoms with Crippen molar-refractivity contribution in [2.24, 2.45) is 11.3 Å². The molecule has 0 radical (unpaired) electrons. The molecular formula is C14H27NO2. The molecule has 0 spiro atoms. The van der Waals surface area contributed by atoms with E-state index in [1.54, 1.807) is 4.90 Å². The number of amides is 1. The van der Waals surface area contributed by atoms with Crippen LogP contribution in [0.25, 0.3) is 0 Å². The molecule has 0 aromatic rings. The third kappa shape index (κ3) is 3.98. The van der Waals surface area contributed by atoms with E-state index in [4.69, 9.17) is 5.11 Å². The average molecular weight is 241 g/mol. The van der Waals surface area contributed by atoms with E-state index in [1.165, 1.54) is 25.7 Å². The van der Waals surface area contributed by atoms with Crippen LogP contribution in [0.2, 0.25) is 0 Å². The van der Waals surface area contributed by atoms with Crippen molar-refractivity contribution in [2.75, 3.05) is 19.7 Å². The first kappa shape index (κ1) is 14.5. The van der Waals surface area contributed by atoms with Crippen LogP contribution >= 0.6 is 0 Å². The Hall–Kier alpha value is -0.570. The van der Waals surface area contributed by atoms with E-state index in [9.17, 15) is 4.79 Å². The summed E-state index contributed by atoms with van der Waals surface area (Å²) in [7, 11) is 0. The van der Waals surface area contributed by atoms with Crippen LogP contribution < -0.4 is 0 Å². The summed E-state index contributed by atoms with van der Waals surface area (Å²) >= 11 is 0. The Morgan fingerprint density at radius 2 is 2.12 bits per heavy atom. The van der Waals surface area contributed by atoms with Crippen LogP contribution in [-0.2, 0) is 4.79 Å². The van der Waals surface area contributed by atoms with E-state index < -0.39 is 0 Å². The molecule has 3 heteroatoms. The predicted octanol–water partition coefficient (Wildman–Crippen LogP) is 2.43. The Morgan fingerprint density at radius 1 is 1.41 bits per heavy atom. The summed E-state index contributed by atoms with van der Waals surface area (Å²) < 4.78 is 0. The third-order valence-electron chi connectivity index (χ3n) is 4.25. The third-order valence-corrected chi connectivity index (χ3v) is 4.25. The lowest BCUT2D eigenvalue weighted by molar-refractivity contribution is -0.134. The molecular weight excluding hydrogens is 214 g/mol. The summed E-state index contributed by atoms with van der Waals surface area (Å²) in [6.45, 7) is 7.78. The number of aliphatic hydroxyl groups is 1. The fourth-order valence-corrected chi connectivity index (χ4v) is 2.86. The minimum absolute atomic E-state index is 0.0631. The number of rotatable bonds is 5. The number of likely N-dealkylation sites (N-methyl/N-ethyl adjacent to an activating group) is 1. The van der Waals surface area contributed by atoms with Gasteiger partial charge in [-0.3, -0.25) is 4.79 Å². The topological polar surface area (TPSA) is 40.5 Å². The summed E-state index contributed by atoms with van der Waals surface area (Å²) in [4.78, 5) is 13.9. The van der Waals surface area contributed by atoms with E-state index in [0.29, 0.717) is 30.8 Å². The van der Waals surface area contributed by atoms with Gasteiger partial charge in [0.05, 0.1) is 6.61 Å². The number of aliphatic hydroxyl groups excluding tert-OH is 1. The van der Waals surface area contributed by atoms with Gasteiger partial charge in [-0.05, 0) is 31.1 Å². The number of hydrogen-bond acceptors (Lipinski definition) is 2. The van der Waals surface area contributed by atoms with Crippen molar-refractivity contribution in [2.45, 2.75) is 52.9 Å². The van der Waals surface area contributed by atoms with E-state index in [-0.39, 0.29) is 12.5 Å². The quantitative estimate of drug-likeness (QED) is 0.803. The minimum atomic E-state index is 0.0631. The number of carbonyl (C=O) groups excluding carboxylic acids is 1. The molecule has 1 rings (SSSR count). The van der Waals surface area contributed by atoms with Crippen LogP contribution in [-0.4, -0.2) is 35.6 Å². The van der Waals surface area contributed by atoms with Crippen molar-refractivity contribution in [3.05, 3.63) is 0 Å². The van der Waals surface area contributed by atoms with Crippen molar-refractivity contribution >= 4 is 5.91 Å². The first-order chi connectivity index (χ1) is 8.01. The summed E-state index contributed by atoms with van der Waals surface area (Å²) in [6.07, 6.45) is 5.62. The summed E-state index contributed by atoms with van der Waals surface area (Å²) in [5.41, 5.74) is 0.298. The largest absolute Gasteiger partial charge is 0.395 e. The molecule has 0 aromatic heterocycles. The zero-order valence-electron chi connectivity index (χ0n) is 11.5. The lowest BCUT2D eigenvalue weighted by atomic mass is 9.67. The Labute approximate surface area is 105 Å². The van der Waals surface area contributed by atoms with Gasteiger partial charge in [0.2, 0.25) is 5.91 Å². The highest BCUT2D eigenvalue weighted by atomic mass is 16.3. The van der Waals surface area contributed by atoms with Gasteiger partial charge in [-0.1, -0.05) is 26.7 Å². The van der Waals surface area contributed by atoms with Crippen LogP contribution in [0.15, 0.2) is 0 Å². The molecule has 1 aliphatic carbocycles. The first-order valence-corrected chi connectivity index (χ1v) is 6.90. The monoisotopic (exact) mass is 241 g/mol. The van der Waals surface area contributed by atoms with E-state index in [2.05, 4.69) is 13.8 Å². The van der Waals surface area contributed by atoms with Crippen molar-refractivity contribution in [1.82, 2.24) is 4.90 Å². The normalized spacial score (nSPS) is 23.4. The van der Waals surface area contributed by atoms with Gasteiger partial charge in [0.25, 0.3) is 0 Å². The van der Waals surface area contributed by atoms with Gasteiger partial charge in [0, 0.05) is 19.5 Å². The first-order valence-electron chi connectivity index (χ1n) is 6.90. The van der Waals surface area contributed by atoms with Crippen LogP contribution in [0.3, 0.4) is 0 Å². The maximum Gasteiger partial charge on any atom is 0.222 e. The molecule has 100 valence electrons. The maximum absolute atomic E-state index is 12.1. The molecule has 1 N–H and O–H groups in total. The highest BCUT2D eigenvalue weighted by molar-refractivity contribution is 5.76. The molecule has 1 aliphatic rings. The number of carbonyl (C=O) groups is 1. The SMILES string of the molecule is CCN(CCO)C(=O)CC1CCCCC1(C)C. The van der Waals surface area contributed by atoms with Gasteiger partial charge in [-0.15, -0.1) is 0 Å². The molecule has 1 saturated carbocycles. The zero-order chi connectivity index (χ0) is 12.9. The molecule has 1 unspecified atom stereocenters. The predicted molar refractivity (Wildman–Crippen MR) is 69.7 cm³/mol. The number of hydrogen-bond donors (Lipinski definition) is 1. The molecule has 0 aromatic carbocycles. The minimum Gasteiger partial charge on any atom is -0.395 e. The molecule has 0 aliphatic heterocycles. The Kier molecular flexibility index (Phi) is 5.44. The van der Waals surface area contributed by atoms with E-state index >= 15 is 0 Å². The highest BCUT2D eigenvalue weighted by Crippen LogP contribution is 2.42. The average Bonchev–Trinajstić information content (AvgIpc) is 2.28. The second kappa shape index (κ2) is 6.39. The van der Waals surface area contributed by atoms with Gasteiger partial charge in [0.1, 0.15) is 0 Å². The van der Waals surface area contributed by atoms with Gasteiger partial charge in [-0.2, -0.15) is 0 Å². The molecule has 0 heterocycles. The van der Waals surface area contributed by atoms with E-state index in [0.717, 1.165) is 0 Å². The molecule has 0 saturated heterocycles. The van der Waals surface area contributed by atoms with Crippen molar-refractivity contribution < 1.29 is 9.90 Å². The van der Waals surface area contributed by atoms with Crippen molar-refractivity contribution in [1.29, 1.82) is 0 Å². The van der Waals surface area contributed by atoms with Crippen LogP contribution in [0, 0.1) is 11.3 Å². The van der Waals surface area contributed by atoms with E-state index in [1.807, 2.05) is 6.92 Å². The molecule has 1 amide bonds. The summed E-state index contributed by atoms with van der Waals surface area (Å²) in [5.74, 6) is 0.720.